The van der Waals surface area contributed by atoms with Gasteiger partial charge in [-0.25, -0.2) is 4.68 Å². The maximum absolute atomic E-state index is 4.70. The van der Waals surface area contributed by atoms with E-state index in [9.17, 15) is 0 Å². The topological polar surface area (TPSA) is 29.9 Å². The van der Waals surface area contributed by atoms with Gasteiger partial charge in [-0.1, -0.05) is 20.8 Å². The highest BCUT2D eigenvalue weighted by Gasteiger charge is 2.19. The molecule has 2 heterocycles. The summed E-state index contributed by atoms with van der Waals surface area (Å²) in [6.07, 6.45) is 2.37. The van der Waals surface area contributed by atoms with Crippen molar-refractivity contribution < 1.29 is 0 Å². The van der Waals surface area contributed by atoms with Crippen molar-refractivity contribution in [2.24, 2.45) is 5.92 Å². The predicted molar refractivity (Wildman–Crippen MR) is 63.2 cm³/mol. The average Bonchev–Trinajstić information content (AvgIpc) is 2.62. The van der Waals surface area contributed by atoms with E-state index < -0.39 is 0 Å². The Labute approximate surface area is 91.9 Å². The maximum atomic E-state index is 4.70. The van der Waals surface area contributed by atoms with Crippen LogP contribution in [0.1, 0.15) is 45.2 Å². The Morgan fingerprint density at radius 3 is 2.93 bits per heavy atom. The van der Waals surface area contributed by atoms with Crippen LogP contribution in [0.5, 0.6) is 0 Å². The quantitative estimate of drug-likeness (QED) is 0.826. The fourth-order valence-electron chi connectivity index (χ4n) is 2.26. The van der Waals surface area contributed by atoms with E-state index >= 15 is 0 Å². The van der Waals surface area contributed by atoms with Crippen LogP contribution in [0.2, 0.25) is 0 Å². The fourth-order valence-corrected chi connectivity index (χ4v) is 2.26. The zero-order valence-corrected chi connectivity index (χ0v) is 9.95. The van der Waals surface area contributed by atoms with Gasteiger partial charge in [-0.3, -0.25) is 0 Å². The Kier molecular flexibility index (Phi) is 2.98. The number of rotatable bonds is 3. The third-order valence-electron chi connectivity index (χ3n) is 3.32. The molecule has 1 aromatic rings. The molecular weight excluding hydrogens is 186 g/mol. The van der Waals surface area contributed by atoms with Crippen LogP contribution in [0.15, 0.2) is 6.07 Å². The van der Waals surface area contributed by atoms with Crippen LogP contribution < -0.4 is 5.32 Å². The van der Waals surface area contributed by atoms with Crippen molar-refractivity contribution >= 4 is 5.82 Å². The monoisotopic (exact) mass is 207 g/mol. The molecule has 0 fully saturated rings. The number of fused-ring (bicyclic) bond motifs is 1. The van der Waals surface area contributed by atoms with Crippen molar-refractivity contribution in [2.75, 3.05) is 11.9 Å². The SMILES string of the molecule is CCC(CC)c1cc2n(n1)CC(C)CN2. The highest BCUT2D eigenvalue weighted by molar-refractivity contribution is 5.39. The number of hydrogen-bond acceptors (Lipinski definition) is 2. The molecule has 2 rings (SSSR count). The lowest BCUT2D eigenvalue weighted by Gasteiger charge is -2.21. The van der Waals surface area contributed by atoms with Gasteiger partial charge in [0.25, 0.3) is 0 Å². The van der Waals surface area contributed by atoms with Crippen LogP contribution in [-0.4, -0.2) is 16.3 Å². The predicted octanol–water partition coefficient (Wildman–Crippen LogP) is 2.85. The van der Waals surface area contributed by atoms with Gasteiger partial charge < -0.3 is 5.32 Å². The summed E-state index contributed by atoms with van der Waals surface area (Å²) in [5.41, 5.74) is 1.26. The second-order valence-corrected chi connectivity index (χ2v) is 4.64. The molecule has 15 heavy (non-hydrogen) atoms. The molecule has 3 nitrogen and oxygen atoms in total. The Balaban J connectivity index is 2.22. The first-order valence-corrected chi connectivity index (χ1v) is 6.06. The number of nitrogens with one attached hydrogen (secondary N) is 1. The van der Waals surface area contributed by atoms with Crippen molar-refractivity contribution in [1.29, 1.82) is 0 Å². The van der Waals surface area contributed by atoms with Gasteiger partial charge in [-0.05, 0) is 18.8 Å². The number of anilines is 1. The molecule has 0 aliphatic carbocycles. The normalized spacial score (nSPS) is 20.1. The van der Waals surface area contributed by atoms with E-state index in [1.165, 1.54) is 24.4 Å². The zero-order chi connectivity index (χ0) is 10.8. The smallest absolute Gasteiger partial charge is 0.124 e. The number of hydrogen-bond donors (Lipinski definition) is 1. The van der Waals surface area contributed by atoms with Gasteiger partial charge in [0, 0.05) is 25.1 Å². The Bertz CT molecular complexity index is 326. The molecule has 1 aliphatic heterocycles. The Hall–Kier alpha value is -0.990. The minimum absolute atomic E-state index is 0.625. The van der Waals surface area contributed by atoms with Crippen molar-refractivity contribution in [1.82, 2.24) is 9.78 Å². The first-order chi connectivity index (χ1) is 7.24. The highest BCUT2D eigenvalue weighted by Crippen LogP contribution is 2.26. The average molecular weight is 207 g/mol. The van der Waals surface area contributed by atoms with Gasteiger partial charge in [0.2, 0.25) is 0 Å². The first-order valence-electron chi connectivity index (χ1n) is 6.06. The van der Waals surface area contributed by atoms with Gasteiger partial charge in [0.1, 0.15) is 5.82 Å². The fraction of sp³-hybridized carbons (Fsp3) is 0.750. The molecule has 0 aromatic carbocycles. The maximum Gasteiger partial charge on any atom is 0.124 e. The lowest BCUT2D eigenvalue weighted by atomic mass is 10.00. The summed E-state index contributed by atoms with van der Waals surface area (Å²) in [5.74, 6) is 2.52. The summed E-state index contributed by atoms with van der Waals surface area (Å²) in [6, 6.07) is 2.23. The van der Waals surface area contributed by atoms with Crippen LogP contribution in [0, 0.1) is 5.92 Å². The molecule has 84 valence electrons. The van der Waals surface area contributed by atoms with Crippen molar-refractivity contribution in [3.05, 3.63) is 11.8 Å². The molecule has 3 heteroatoms. The molecule has 1 aromatic heterocycles. The van der Waals surface area contributed by atoms with Crippen molar-refractivity contribution in [2.45, 2.75) is 46.1 Å². The van der Waals surface area contributed by atoms with Crippen LogP contribution in [0.4, 0.5) is 5.82 Å². The van der Waals surface area contributed by atoms with E-state index in [0.717, 1.165) is 13.1 Å². The van der Waals surface area contributed by atoms with Gasteiger partial charge in [-0.2, -0.15) is 5.10 Å². The molecule has 1 N–H and O–H groups in total. The van der Waals surface area contributed by atoms with Crippen molar-refractivity contribution in [3.8, 4) is 0 Å². The Morgan fingerprint density at radius 1 is 1.53 bits per heavy atom. The summed E-state index contributed by atoms with van der Waals surface area (Å²) in [6.45, 7) is 8.87. The van der Waals surface area contributed by atoms with E-state index in [2.05, 4.69) is 36.8 Å². The third-order valence-corrected chi connectivity index (χ3v) is 3.32. The summed E-state index contributed by atoms with van der Waals surface area (Å²) < 4.78 is 2.13. The third kappa shape index (κ3) is 2.01. The van der Waals surface area contributed by atoms with Crippen LogP contribution in [-0.2, 0) is 6.54 Å². The van der Waals surface area contributed by atoms with Gasteiger partial charge in [-0.15, -0.1) is 0 Å². The molecule has 0 spiro atoms. The summed E-state index contributed by atoms with van der Waals surface area (Å²) in [7, 11) is 0. The molecular formula is C12H21N3. The first kappa shape index (κ1) is 10.5. The van der Waals surface area contributed by atoms with Crippen LogP contribution in [0.25, 0.3) is 0 Å². The van der Waals surface area contributed by atoms with E-state index in [1.54, 1.807) is 0 Å². The molecule has 0 amide bonds. The van der Waals surface area contributed by atoms with Crippen LogP contribution in [0.3, 0.4) is 0 Å². The van der Waals surface area contributed by atoms with E-state index in [0.29, 0.717) is 11.8 Å². The second-order valence-electron chi connectivity index (χ2n) is 4.64. The number of aromatic nitrogens is 2. The highest BCUT2D eigenvalue weighted by atomic mass is 15.3. The molecule has 1 atom stereocenters. The summed E-state index contributed by atoms with van der Waals surface area (Å²) >= 11 is 0. The number of nitrogens with zero attached hydrogens (tertiary/aromatic N) is 2. The molecule has 1 aliphatic rings. The van der Waals surface area contributed by atoms with Crippen molar-refractivity contribution in [3.63, 3.8) is 0 Å². The van der Waals surface area contributed by atoms with E-state index in [-0.39, 0.29) is 0 Å². The minimum Gasteiger partial charge on any atom is -0.370 e. The molecule has 0 saturated heterocycles. The van der Waals surface area contributed by atoms with E-state index in [4.69, 9.17) is 5.10 Å². The second kappa shape index (κ2) is 4.25. The van der Waals surface area contributed by atoms with Crippen LogP contribution >= 0.6 is 0 Å². The molecule has 0 saturated carbocycles. The van der Waals surface area contributed by atoms with Gasteiger partial charge >= 0.3 is 0 Å². The lowest BCUT2D eigenvalue weighted by Crippen LogP contribution is -2.25. The molecule has 0 bridgehead atoms. The minimum atomic E-state index is 0.625. The Morgan fingerprint density at radius 2 is 2.27 bits per heavy atom. The standard InChI is InChI=1S/C12H21N3/c1-4-10(5-2)11-6-12-13-7-9(3)8-15(12)14-11/h6,9-10,13H,4-5,7-8H2,1-3H3. The van der Waals surface area contributed by atoms with Gasteiger partial charge in [0.15, 0.2) is 0 Å². The summed E-state index contributed by atoms with van der Waals surface area (Å²) in [5, 5.41) is 8.13. The summed E-state index contributed by atoms with van der Waals surface area (Å²) in [4.78, 5) is 0. The van der Waals surface area contributed by atoms with E-state index in [1.807, 2.05) is 0 Å². The zero-order valence-electron chi connectivity index (χ0n) is 9.95. The van der Waals surface area contributed by atoms with Gasteiger partial charge in [0.05, 0.1) is 5.69 Å². The largest absolute Gasteiger partial charge is 0.370 e. The lowest BCUT2D eigenvalue weighted by molar-refractivity contribution is 0.439. The molecule has 1 unspecified atom stereocenters. The molecule has 0 radical (unpaired) electrons.